The Labute approximate surface area is 97.6 Å². The lowest BCUT2D eigenvalue weighted by Crippen LogP contribution is -2.33. The number of hydrogen-bond acceptors (Lipinski definition) is 2. The van der Waals surface area contributed by atoms with Gasteiger partial charge in [0.25, 0.3) is 0 Å². The molecule has 0 radical (unpaired) electrons. The second-order valence-corrected chi connectivity index (χ2v) is 5.17. The minimum atomic E-state index is 0.791. The molecule has 2 fully saturated rings. The van der Waals surface area contributed by atoms with Gasteiger partial charge >= 0.3 is 0 Å². The van der Waals surface area contributed by atoms with Gasteiger partial charge in [0, 0.05) is 19.1 Å². The molecule has 0 aliphatic carbocycles. The standard InChI is InChI=1S/C14H20N2/c1-11-4-2-3-5-13(11)10-16-7-6-12-8-15-9-14(12)16/h2-5,12,14-15H,6-10H2,1H3/t12-,14+/m1/s1. The number of benzene rings is 1. The molecule has 2 heterocycles. The maximum Gasteiger partial charge on any atom is 0.0264 e. The van der Waals surface area contributed by atoms with E-state index in [2.05, 4.69) is 41.4 Å². The first-order chi connectivity index (χ1) is 7.84. The van der Waals surface area contributed by atoms with Crippen LogP contribution in [0.25, 0.3) is 0 Å². The lowest BCUT2D eigenvalue weighted by atomic mass is 10.0. The average molecular weight is 216 g/mol. The van der Waals surface area contributed by atoms with Crippen LogP contribution in [0.15, 0.2) is 24.3 Å². The second-order valence-electron chi connectivity index (χ2n) is 5.17. The van der Waals surface area contributed by atoms with Gasteiger partial charge in [-0.05, 0) is 43.5 Å². The van der Waals surface area contributed by atoms with E-state index in [4.69, 9.17) is 0 Å². The van der Waals surface area contributed by atoms with Crippen molar-refractivity contribution in [3.63, 3.8) is 0 Å². The van der Waals surface area contributed by atoms with E-state index in [0.29, 0.717) is 0 Å². The molecule has 3 rings (SSSR count). The molecule has 2 aliphatic rings. The van der Waals surface area contributed by atoms with Gasteiger partial charge in [-0.2, -0.15) is 0 Å². The van der Waals surface area contributed by atoms with E-state index in [0.717, 1.165) is 18.5 Å². The number of likely N-dealkylation sites (tertiary alicyclic amines) is 1. The van der Waals surface area contributed by atoms with E-state index in [1.165, 1.54) is 37.2 Å². The number of hydrogen-bond donors (Lipinski definition) is 1. The Morgan fingerprint density at radius 1 is 1.31 bits per heavy atom. The Kier molecular flexibility index (Phi) is 2.70. The maximum atomic E-state index is 3.51. The minimum Gasteiger partial charge on any atom is -0.315 e. The molecule has 1 N–H and O–H groups in total. The van der Waals surface area contributed by atoms with Crippen LogP contribution in [0.3, 0.4) is 0 Å². The Morgan fingerprint density at radius 2 is 2.19 bits per heavy atom. The molecular formula is C14H20N2. The normalized spacial score (nSPS) is 29.6. The third-order valence-electron chi connectivity index (χ3n) is 4.19. The van der Waals surface area contributed by atoms with Crippen LogP contribution in [0, 0.1) is 12.8 Å². The molecule has 16 heavy (non-hydrogen) atoms. The van der Waals surface area contributed by atoms with Crippen LogP contribution in [0.2, 0.25) is 0 Å². The summed E-state index contributed by atoms with van der Waals surface area (Å²) in [5, 5.41) is 3.51. The predicted octanol–water partition coefficient (Wildman–Crippen LogP) is 1.79. The molecule has 0 aromatic heterocycles. The summed E-state index contributed by atoms with van der Waals surface area (Å²) in [5.74, 6) is 0.906. The van der Waals surface area contributed by atoms with Crippen LogP contribution in [0.4, 0.5) is 0 Å². The van der Waals surface area contributed by atoms with Gasteiger partial charge in [0.15, 0.2) is 0 Å². The fourth-order valence-corrected chi connectivity index (χ4v) is 3.14. The lowest BCUT2D eigenvalue weighted by molar-refractivity contribution is 0.243. The third kappa shape index (κ3) is 1.76. The highest BCUT2D eigenvalue weighted by molar-refractivity contribution is 5.25. The predicted molar refractivity (Wildman–Crippen MR) is 66.4 cm³/mol. The highest BCUT2D eigenvalue weighted by Crippen LogP contribution is 2.28. The smallest absolute Gasteiger partial charge is 0.0264 e. The van der Waals surface area contributed by atoms with Gasteiger partial charge in [0.1, 0.15) is 0 Å². The number of aryl methyl sites for hydroxylation is 1. The van der Waals surface area contributed by atoms with Gasteiger partial charge in [0.2, 0.25) is 0 Å². The van der Waals surface area contributed by atoms with Gasteiger partial charge < -0.3 is 5.32 Å². The van der Waals surface area contributed by atoms with Crippen molar-refractivity contribution in [2.24, 2.45) is 5.92 Å². The first-order valence-corrected chi connectivity index (χ1v) is 6.34. The van der Waals surface area contributed by atoms with Crippen molar-refractivity contribution in [2.45, 2.75) is 25.9 Å². The number of fused-ring (bicyclic) bond motifs is 1. The van der Waals surface area contributed by atoms with Crippen LogP contribution >= 0.6 is 0 Å². The first-order valence-electron chi connectivity index (χ1n) is 6.34. The monoisotopic (exact) mass is 216 g/mol. The minimum absolute atomic E-state index is 0.791. The van der Waals surface area contributed by atoms with Crippen molar-refractivity contribution in [1.29, 1.82) is 0 Å². The quantitative estimate of drug-likeness (QED) is 0.811. The van der Waals surface area contributed by atoms with Gasteiger partial charge in [-0.3, -0.25) is 4.90 Å². The molecule has 2 saturated heterocycles. The van der Waals surface area contributed by atoms with Crippen LogP contribution in [-0.4, -0.2) is 30.6 Å². The summed E-state index contributed by atoms with van der Waals surface area (Å²) in [6.07, 6.45) is 1.38. The van der Waals surface area contributed by atoms with Crippen molar-refractivity contribution < 1.29 is 0 Å². The fourth-order valence-electron chi connectivity index (χ4n) is 3.14. The van der Waals surface area contributed by atoms with E-state index in [1.54, 1.807) is 0 Å². The van der Waals surface area contributed by atoms with Crippen molar-refractivity contribution in [2.75, 3.05) is 19.6 Å². The lowest BCUT2D eigenvalue weighted by Gasteiger charge is -2.23. The first kappa shape index (κ1) is 10.3. The summed E-state index contributed by atoms with van der Waals surface area (Å²) in [7, 11) is 0. The highest BCUT2D eigenvalue weighted by Gasteiger charge is 2.37. The molecule has 0 amide bonds. The molecule has 2 nitrogen and oxygen atoms in total. The summed E-state index contributed by atoms with van der Waals surface area (Å²) in [5.41, 5.74) is 2.92. The van der Waals surface area contributed by atoms with E-state index in [-0.39, 0.29) is 0 Å². The maximum absolute atomic E-state index is 3.51. The molecule has 0 saturated carbocycles. The van der Waals surface area contributed by atoms with Gasteiger partial charge in [-0.25, -0.2) is 0 Å². The Balaban J connectivity index is 1.73. The zero-order chi connectivity index (χ0) is 11.0. The Bertz CT molecular complexity index is 375. The van der Waals surface area contributed by atoms with Crippen molar-refractivity contribution in [3.8, 4) is 0 Å². The van der Waals surface area contributed by atoms with Crippen LogP contribution in [0.1, 0.15) is 17.5 Å². The summed E-state index contributed by atoms with van der Waals surface area (Å²) in [6.45, 7) is 7.06. The summed E-state index contributed by atoms with van der Waals surface area (Å²) >= 11 is 0. The molecule has 0 unspecified atom stereocenters. The molecule has 1 aromatic rings. The zero-order valence-electron chi connectivity index (χ0n) is 9.95. The van der Waals surface area contributed by atoms with E-state index >= 15 is 0 Å². The number of nitrogens with one attached hydrogen (secondary N) is 1. The molecule has 0 spiro atoms. The highest BCUT2D eigenvalue weighted by atomic mass is 15.2. The van der Waals surface area contributed by atoms with Crippen molar-refractivity contribution in [3.05, 3.63) is 35.4 Å². The van der Waals surface area contributed by atoms with Crippen molar-refractivity contribution >= 4 is 0 Å². The molecule has 0 bridgehead atoms. The topological polar surface area (TPSA) is 15.3 Å². The third-order valence-corrected chi connectivity index (χ3v) is 4.19. The van der Waals surface area contributed by atoms with E-state index in [9.17, 15) is 0 Å². The average Bonchev–Trinajstić information content (AvgIpc) is 2.86. The molecule has 2 heteroatoms. The molecular weight excluding hydrogens is 196 g/mol. The Morgan fingerprint density at radius 3 is 3.06 bits per heavy atom. The summed E-state index contributed by atoms with van der Waals surface area (Å²) < 4.78 is 0. The van der Waals surface area contributed by atoms with Gasteiger partial charge in [-0.15, -0.1) is 0 Å². The number of rotatable bonds is 2. The zero-order valence-corrected chi connectivity index (χ0v) is 9.95. The fraction of sp³-hybridized carbons (Fsp3) is 0.571. The molecule has 2 atom stereocenters. The Hall–Kier alpha value is -0.860. The summed E-state index contributed by atoms with van der Waals surface area (Å²) in [6, 6.07) is 9.56. The summed E-state index contributed by atoms with van der Waals surface area (Å²) in [4.78, 5) is 2.66. The SMILES string of the molecule is Cc1ccccc1CN1CC[C@@H]2CNC[C@@H]21. The van der Waals surface area contributed by atoms with Crippen LogP contribution < -0.4 is 5.32 Å². The molecule has 86 valence electrons. The largest absolute Gasteiger partial charge is 0.315 e. The van der Waals surface area contributed by atoms with Gasteiger partial charge in [0.05, 0.1) is 0 Å². The van der Waals surface area contributed by atoms with E-state index < -0.39 is 0 Å². The van der Waals surface area contributed by atoms with Crippen molar-refractivity contribution in [1.82, 2.24) is 10.2 Å². The second kappa shape index (κ2) is 4.19. The van der Waals surface area contributed by atoms with Gasteiger partial charge in [-0.1, -0.05) is 24.3 Å². The number of nitrogens with zero attached hydrogens (tertiary/aromatic N) is 1. The van der Waals surface area contributed by atoms with Crippen LogP contribution in [-0.2, 0) is 6.54 Å². The molecule has 2 aliphatic heterocycles. The molecule has 1 aromatic carbocycles. The van der Waals surface area contributed by atoms with E-state index in [1.807, 2.05) is 0 Å². The van der Waals surface area contributed by atoms with Crippen LogP contribution in [0.5, 0.6) is 0 Å².